The number of aromatic nitrogens is 1. The van der Waals surface area contributed by atoms with Crippen LogP contribution in [0.3, 0.4) is 0 Å². The lowest BCUT2D eigenvalue weighted by Gasteiger charge is -2.19. The van der Waals surface area contributed by atoms with Crippen LogP contribution < -0.4 is 14.4 Å². The molecule has 0 atom stereocenters. The van der Waals surface area contributed by atoms with Gasteiger partial charge >= 0.3 is 0 Å². The van der Waals surface area contributed by atoms with Gasteiger partial charge in [-0.25, -0.2) is 4.98 Å². The number of carbonyl (C=O) groups excluding carboxylic acids is 1. The Morgan fingerprint density at radius 3 is 2.76 bits per heavy atom. The van der Waals surface area contributed by atoms with Crippen LogP contribution in [0.25, 0.3) is 0 Å². The third-order valence-corrected chi connectivity index (χ3v) is 4.46. The molecule has 0 saturated carbocycles. The predicted octanol–water partition coefficient (Wildman–Crippen LogP) is 3.31. The molecule has 2 aliphatic heterocycles. The molecule has 0 bridgehead atoms. The fourth-order valence-electron chi connectivity index (χ4n) is 3.23. The lowest BCUT2D eigenvalue weighted by molar-refractivity contribution is -0.115. The van der Waals surface area contributed by atoms with Crippen molar-refractivity contribution >= 4 is 17.4 Å². The first-order chi connectivity index (χ1) is 12.0. The molecule has 0 saturated heterocycles. The van der Waals surface area contributed by atoms with Gasteiger partial charge in [-0.15, -0.1) is 0 Å². The Hall–Kier alpha value is -2.89. The van der Waals surface area contributed by atoms with Crippen LogP contribution in [-0.2, 0) is 10.2 Å². The highest BCUT2D eigenvalue weighted by molar-refractivity contribution is 6.20. The summed E-state index contributed by atoms with van der Waals surface area (Å²) < 4.78 is 11.7. The first kappa shape index (κ1) is 15.6. The number of ether oxygens (including phenoxy) is 2. The SMILES string of the molecule is CC1=NCC(=O)N1c1ccc(Oc2cccc3c2C(C)(C)CO3)nc1. The summed E-state index contributed by atoms with van der Waals surface area (Å²) in [6.45, 7) is 6.89. The standard InChI is InChI=1S/C19H19N3O3/c1-12-20-10-17(23)22(12)13-7-8-16(21-9-13)25-15-6-4-5-14-18(15)19(2,3)11-24-14/h4-9H,10-11H2,1-3H3. The van der Waals surface area contributed by atoms with Gasteiger partial charge in [0.25, 0.3) is 5.91 Å². The zero-order chi connectivity index (χ0) is 17.6. The number of amides is 1. The summed E-state index contributed by atoms with van der Waals surface area (Å²) in [6, 6.07) is 9.36. The first-order valence-corrected chi connectivity index (χ1v) is 8.20. The molecule has 0 radical (unpaired) electrons. The summed E-state index contributed by atoms with van der Waals surface area (Å²) in [4.78, 5) is 22.0. The molecular formula is C19H19N3O3. The van der Waals surface area contributed by atoms with Crippen molar-refractivity contribution < 1.29 is 14.3 Å². The fraction of sp³-hybridized carbons (Fsp3) is 0.316. The van der Waals surface area contributed by atoms with E-state index in [1.54, 1.807) is 17.2 Å². The Morgan fingerprint density at radius 1 is 1.24 bits per heavy atom. The van der Waals surface area contributed by atoms with Gasteiger partial charge in [-0.05, 0) is 25.1 Å². The minimum atomic E-state index is -0.110. The van der Waals surface area contributed by atoms with Crippen LogP contribution in [-0.4, -0.2) is 29.9 Å². The van der Waals surface area contributed by atoms with E-state index in [1.807, 2.05) is 31.2 Å². The second-order valence-corrected chi connectivity index (χ2v) is 6.85. The minimum Gasteiger partial charge on any atom is -0.492 e. The number of amidine groups is 1. The predicted molar refractivity (Wildman–Crippen MR) is 94.7 cm³/mol. The highest BCUT2D eigenvalue weighted by Gasteiger charge is 2.35. The third-order valence-electron chi connectivity index (χ3n) is 4.46. The molecule has 0 fully saturated rings. The van der Waals surface area contributed by atoms with Gasteiger partial charge in [0.1, 0.15) is 23.9 Å². The number of aliphatic imine (C=N–C) groups is 1. The molecule has 4 rings (SSSR count). The second-order valence-electron chi connectivity index (χ2n) is 6.85. The van der Waals surface area contributed by atoms with Crippen molar-refractivity contribution in [3.8, 4) is 17.4 Å². The normalized spacial score (nSPS) is 18.0. The number of rotatable bonds is 3. The molecule has 6 nitrogen and oxygen atoms in total. The molecule has 0 spiro atoms. The van der Waals surface area contributed by atoms with E-state index in [1.165, 1.54) is 0 Å². The van der Waals surface area contributed by atoms with Gasteiger partial charge in [-0.1, -0.05) is 19.9 Å². The molecule has 2 aliphatic rings. The number of hydrogen-bond donors (Lipinski definition) is 0. The van der Waals surface area contributed by atoms with Crippen LogP contribution in [0.4, 0.5) is 5.69 Å². The third kappa shape index (κ3) is 2.63. The van der Waals surface area contributed by atoms with Crippen molar-refractivity contribution in [2.24, 2.45) is 4.99 Å². The molecule has 0 N–H and O–H groups in total. The number of nitrogens with zero attached hydrogens (tertiary/aromatic N) is 3. The molecular weight excluding hydrogens is 318 g/mol. The number of benzene rings is 1. The van der Waals surface area contributed by atoms with E-state index in [0.717, 1.165) is 17.1 Å². The largest absolute Gasteiger partial charge is 0.492 e. The Balaban J connectivity index is 1.60. The highest BCUT2D eigenvalue weighted by atomic mass is 16.5. The summed E-state index contributed by atoms with van der Waals surface area (Å²) in [6.07, 6.45) is 1.63. The minimum absolute atomic E-state index is 0.0484. The number of hydrogen-bond acceptors (Lipinski definition) is 5. The fourth-order valence-corrected chi connectivity index (χ4v) is 3.23. The van der Waals surface area contributed by atoms with Gasteiger partial charge in [0.15, 0.2) is 0 Å². The van der Waals surface area contributed by atoms with Gasteiger partial charge in [0.2, 0.25) is 5.88 Å². The zero-order valence-corrected chi connectivity index (χ0v) is 14.4. The monoisotopic (exact) mass is 337 g/mol. The van der Waals surface area contributed by atoms with Crippen LogP contribution in [0, 0.1) is 0 Å². The van der Waals surface area contributed by atoms with Crippen molar-refractivity contribution in [3.05, 3.63) is 42.1 Å². The molecule has 0 unspecified atom stereocenters. The smallest absolute Gasteiger partial charge is 0.254 e. The van der Waals surface area contributed by atoms with Crippen LogP contribution in [0.2, 0.25) is 0 Å². The van der Waals surface area contributed by atoms with Crippen molar-refractivity contribution in [1.82, 2.24) is 4.98 Å². The van der Waals surface area contributed by atoms with Gasteiger partial charge in [-0.2, -0.15) is 0 Å². The summed E-state index contributed by atoms with van der Waals surface area (Å²) in [5.41, 5.74) is 1.64. The van der Waals surface area contributed by atoms with Gasteiger partial charge in [0.05, 0.1) is 18.5 Å². The van der Waals surface area contributed by atoms with Crippen molar-refractivity contribution in [2.45, 2.75) is 26.2 Å². The van der Waals surface area contributed by atoms with Crippen LogP contribution >= 0.6 is 0 Å². The molecule has 3 heterocycles. The second kappa shape index (κ2) is 5.58. The average Bonchev–Trinajstić information content (AvgIpc) is 3.08. The van der Waals surface area contributed by atoms with Crippen molar-refractivity contribution in [3.63, 3.8) is 0 Å². The molecule has 25 heavy (non-hydrogen) atoms. The van der Waals surface area contributed by atoms with Crippen molar-refractivity contribution in [1.29, 1.82) is 0 Å². The van der Waals surface area contributed by atoms with E-state index in [-0.39, 0.29) is 17.9 Å². The molecule has 1 aromatic carbocycles. The Morgan fingerprint density at radius 2 is 2.08 bits per heavy atom. The van der Waals surface area contributed by atoms with Crippen LogP contribution in [0.1, 0.15) is 26.3 Å². The average molecular weight is 337 g/mol. The maximum absolute atomic E-state index is 11.9. The van der Waals surface area contributed by atoms with E-state index in [0.29, 0.717) is 24.0 Å². The molecule has 128 valence electrons. The molecule has 2 aromatic rings. The van der Waals surface area contributed by atoms with E-state index < -0.39 is 0 Å². The maximum Gasteiger partial charge on any atom is 0.254 e. The summed E-state index contributed by atoms with van der Waals surface area (Å²) >= 11 is 0. The number of fused-ring (bicyclic) bond motifs is 1. The topological polar surface area (TPSA) is 64.0 Å². The Kier molecular flexibility index (Phi) is 3.49. The van der Waals surface area contributed by atoms with E-state index in [4.69, 9.17) is 9.47 Å². The number of pyridine rings is 1. The van der Waals surface area contributed by atoms with E-state index >= 15 is 0 Å². The van der Waals surface area contributed by atoms with E-state index in [2.05, 4.69) is 23.8 Å². The molecule has 1 amide bonds. The molecule has 1 aromatic heterocycles. The quantitative estimate of drug-likeness (QED) is 0.862. The van der Waals surface area contributed by atoms with Crippen LogP contribution in [0.5, 0.6) is 17.4 Å². The van der Waals surface area contributed by atoms with E-state index in [9.17, 15) is 4.79 Å². The lowest BCUT2D eigenvalue weighted by atomic mass is 9.86. The summed E-state index contributed by atoms with van der Waals surface area (Å²) in [5.74, 6) is 2.71. The maximum atomic E-state index is 11.9. The Labute approximate surface area is 146 Å². The van der Waals surface area contributed by atoms with Crippen LogP contribution in [0.15, 0.2) is 41.5 Å². The summed E-state index contributed by atoms with van der Waals surface area (Å²) in [5, 5.41) is 0. The first-order valence-electron chi connectivity index (χ1n) is 8.20. The Bertz CT molecular complexity index is 872. The highest BCUT2D eigenvalue weighted by Crippen LogP contribution is 2.45. The van der Waals surface area contributed by atoms with Gasteiger partial charge in [-0.3, -0.25) is 14.7 Å². The van der Waals surface area contributed by atoms with Gasteiger partial charge in [0, 0.05) is 17.0 Å². The van der Waals surface area contributed by atoms with Crippen molar-refractivity contribution in [2.75, 3.05) is 18.1 Å². The number of anilines is 1. The number of carbonyl (C=O) groups is 1. The van der Waals surface area contributed by atoms with Gasteiger partial charge < -0.3 is 9.47 Å². The molecule has 6 heteroatoms. The lowest BCUT2D eigenvalue weighted by Crippen LogP contribution is -2.30. The molecule has 0 aliphatic carbocycles. The summed E-state index contributed by atoms with van der Waals surface area (Å²) in [7, 11) is 0. The zero-order valence-electron chi connectivity index (χ0n) is 14.4.